The van der Waals surface area contributed by atoms with Gasteiger partial charge in [-0.05, 0) is 31.9 Å². The van der Waals surface area contributed by atoms with E-state index in [1.54, 1.807) is 11.3 Å². The van der Waals surface area contributed by atoms with Crippen LogP contribution >= 0.6 is 23.1 Å². The summed E-state index contributed by atoms with van der Waals surface area (Å²) in [4.78, 5) is 8.12. The number of aromatic nitrogens is 2. The van der Waals surface area contributed by atoms with Gasteiger partial charge in [-0.1, -0.05) is 0 Å². The third-order valence-corrected chi connectivity index (χ3v) is 4.86. The van der Waals surface area contributed by atoms with E-state index in [9.17, 15) is 0 Å². The molecule has 19 heavy (non-hydrogen) atoms. The number of hydrogen-bond acceptors (Lipinski definition) is 5. The summed E-state index contributed by atoms with van der Waals surface area (Å²) in [5.41, 5.74) is 6.98. The summed E-state index contributed by atoms with van der Waals surface area (Å²) in [7, 11) is 2.14. The molecule has 2 aromatic heterocycles. The molecule has 0 aliphatic rings. The molecule has 106 valence electrons. The second kappa shape index (κ2) is 6.63. The molecule has 6 heteroatoms. The van der Waals surface area contributed by atoms with Crippen LogP contribution in [0.5, 0.6) is 0 Å². The molecule has 2 heterocycles. The van der Waals surface area contributed by atoms with Crippen LogP contribution in [0.3, 0.4) is 0 Å². The van der Waals surface area contributed by atoms with E-state index >= 15 is 0 Å². The normalized spacial score (nSPS) is 13.1. The summed E-state index contributed by atoms with van der Waals surface area (Å²) in [6.07, 6.45) is 6.28. The van der Waals surface area contributed by atoms with E-state index in [1.807, 2.05) is 11.8 Å². The number of nitrogens with zero attached hydrogens (tertiary/aromatic N) is 3. The van der Waals surface area contributed by atoms with Crippen molar-refractivity contribution in [3.63, 3.8) is 0 Å². The van der Waals surface area contributed by atoms with Crippen molar-refractivity contribution >= 4 is 33.9 Å². The molecule has 0 fully saturated rings. The Labute approximate surface area is 123 Å². The maximum Gasteiger partial charge on any atom is 0.195 e. The average molecular weight is 298 g/mol. The van der Waals surface area contributed by atoms with Gasteiger partial charge in [0.15, 0.2) is 10.8 Å². The van der Waals surface area contributed by atoms with Gasteiger partial charge in [0.2, 0.25) is 0 Å². The first-order valence-electron chi connectivity index (χ1n) is 6.55. The number of nitrogens with two attached hydrogens (primary N) is 1. The molecule has 0 spiro atoms. The minimum Gasteiger partial charge on any atom is -0.355 e. The minimum absolute atomic E-state index is 0.494. The predicted molar refractivity (Wildman–Crippen MR) is 86.7 cm³/mol. The molecule has 0 aliphatic heterocycles. The Hall–Kier alpha value is -0.720. The summed E-state index contributed by atoms with van der Waals surface area (Å²) in [5, 5.41) is 2.07. The Bertz CT molecular complexity index is 520. The van der Waals surface area contributed by atoms with Crippen molar-refractivity contribution in [2.24, 2.45) is 5.73 Å². The topological polar surface area (TPSA) is 46.6 Å². The van der Waals surface area contributed by atoms with Gasteiger partial charge >= 0.3 is 0 Å². The first-order valence-corrected chi connectivity index (χ1v) is 8.82. The largest absolute Gasteiger partial charge is 0.355 e. The molecule has 0 aliphatic carbocycles. The van der Waals surface area contributed by atoms with Crippen molar-refractivity contribution in [1.29, 1.82) is 0 Å². The third-order valence-electron chi connectivity index (χ3n) is 3.46. The second-order valence-corrected chi connectivity index (χ2v) is 6.58. The fraction of sp³-hybridized carbons (Fsp3) is 0.615. The lowest BCUT2D eigenvalue weighted by Crippen LogP contribution is -2.30. The molecule has 1 unspecified atom stereocenters. The maximum absolute atomic E-state index is 5.75. The summed E-state index contributed by atoms with van der Waals surface area (Å²) in [6.45, 7) is 2.92. The molecule has 0 radical (unpaired) electrons. The van der Waals surface area contributed by atoms with Crippen molar-refractivity contribution in [3.8, 4) is 0 Å². The molecule has 0 saturated heterocycles. The number of rotatable bonds is 7. The summed E-state index contributed by atoms with van der Waals surface area (Å²) in [6, 6.07) is 0.494. The lowest BCUT2D eigenvalue weighted by atomic mass is 10.2. The lowest BCUT2D eigenvalue weighted by molar-refractivity contribution is 0.659. The molecule has 4 nitrogen and oxygen atoms in total. The number of hydrogen-bond donors (Lipinski definition) is 1. The minimum atomic E-state index is 0.494. The first kappa shape index (κ1) is 14.7. The highest BCUT2D eigenvalue weighted by Crippen LogP contribution is 2.26. The van der Waals surface area contributed by atoms with Gasteiger partial charge in [-0.2, -0.15) is 11.8 Å². The van der Waals surface area contributed by atoms with Crippen molar-refractivity contribution in [2.75, 3.05) is 30.5 Å². The Morgan fingerprint density at radius 3 is 3.05 bits per heavy atom. The standard InChI is InChI=1S/C13H22N4S2/c1-10(5-8-18-3)16(2)12-11(4-6-14)17-7-9-19-13(17)15-12/h7,9-10H,4-6,8,14H2,1-3H3. The molecule has 2 aromatic rings. The van der Waals surface area contributed by atoms with Gasteiger partial charge in [-0.3, -0.25) is 4.40 Å². The highest BCUT2D eigenvalue weighted by molar-refractivity contribution is 7.98. The zero-order valence-corrected chi connectivity index (χ0v) is 13.4. The van der Waals surface area contributed by atoms with Crippen molar-refractivity contribution in [3.05, 3.63) is 17.3 Å². The van der Waals surface area contributed by atoms with Crippen LogP contribution in [-0.4, -0.2) is 41.0 Å². The molecule has 0 saturated carbocycles. The highest BCUT2D eigenvalue weighted by atomic mass is 32.2. The Morgan fingerprint density at radius 2 is 2.37 bits per heavy atom. The van der Waals surface area contributed by atoms with Gasteiger partial charge < -0.3 is 10.6 Å². The van der Waals surface area contributed by atoms with Gasteiger partial charge in [0.25, 0.3) is 0 Å². The highest BCUT2D eigenvalue weighted by Gasteiger charge is 2.19. The van der Waals surface area contributed by atoms with E-state index in [0.717, 1.165) is 17.2 Å². The molecule has 0 aromatic carbocycles. The molecule has 0 amide bonds. The van der Waals surface area contributed by atoms with Gasteiger partial charge in [-0.25, -0.2) is 4.98 Å². The molecular formula is C13H22N4S2. The van der Waals surface area contributed by atoms with Crippen LogP contribution in [0.1, 0.15) is 19.0 Å². The van der Waals surface area contributed by atoms with Crippen LogP contribution < -0.4 is 10.6 Å². The van der Waals surface area contributed by atoms with E-state index in [1.165, 1.54) is 17.9 Å². The Kier molecular flexibility index (Phi) is 5.13. The molecule has 1 atom stereocenters. The van der Waals surface area contributed by atoms with Gasteiger partial charge in [0.05, 0.1) is 5.69 Å². The Balaban J connectivity index is 2.26. The van der Waals surface area contributed by atoms with Crippen molar-refractivity contribution in [1.82, 2.24) is 9.38 Å². The average Bonchev–Trinajstić information content (AvgIpc) is 2.98. The Morgan fingerprint density at radius 1 is 1.58 bits per heavy atom. The van der Waals surface area contributed by atoms with E-state index in [4.69, 9.17) is 10.7 Å². The van der Waals surface area contributed by atoms with Crippen LogP contribution in [0.25, 0.3) is 4.96 Å². The summed E-state index contributed by atoms with van der Waals surface area (Å²) < 4.78 is 2.17. The van der Waals surface area contributed by atoms with Crippen molar-refractivity contribution in [2.45, 2.75) is 25.8 Å². The molecule has 2 N–H and O–H groups in total. The predicted octanol–water partition coefficient (Wildman–Crippen LogP) is 2.47. The zero-order valence-electron chi connectivity index (χ0n) is 11.8. The van der Waals surface area contributed by atoms with Crippen LogP contribution in [0.2, 0.25) is 0 Å². The van der Waals surface area contributed by atoms with E-state index in [2.05, 4.69) is 41.1 Å². The molecule has 2 rings (SSSR count). The monoisotopic (exact) mass is 298 g/mol. The van der Waals surface area contributed by atoms with E-state index in [0.29, 0.717) is 12.6 Å². The zero-order chi connectivity index (χ0) is 13.8. The molecular weight excluding hydrogens is 276 g/mol. The number of anilines is 1. The summed E-state index contributed by atoms with van der Waals surface area (Å²) in [5.74, 6) is 2.27. The van der Waals surface area contributed by atoms with E-state index < -0.39 is 0 Å². The second-order valence-electron chi connectivity index (χ2n) is 4.72. The van der Waals surface area contributed by atoms with Crippen molar-refractivity contribution < 1.29 is 0 Å². The van der Waals surface area contributed by atoms with Crippen LogP contribution in [0, 0.1) is 0 Å². The van der Waals surface area contributed by atoms with Gasteiger partial charge in [0.1, 0.15) is 0 Å². The van der Waals surface area contributed by atoms with Crippen LogP contribution in [0.15, 0.2) is 11.6 Å². The molecule has 0 bridgehead atoms. The quantitative estimate of drug-likeness (QED) is 0.853. The van der Waals surface area contributed by atoms with Crippen LogP contribution in [0.4, 0.5) is 5.82 Å². The number of fused-ring (bicyclic) bond motifs is 1. The third kappa shape index (κ3) is 3.07. The number of thiazole rings is 1. The number of thioether (sulfide) groups is 1. The SMILES string of the molecule is CSCCC(C)N(C)c1nc2sccn2c1CCN. The lowest BCUT2D eigenvalue weighted by Gasteiger charge is -2.25. The van der Waals surface area contributed by atoms with E-state index in [-0.39, 0.29) is 0 Å². The fourth-order valence-corrected chi connectivity index (χ4v) is 3.47. The number of imidazole rings is 1. The fourth-order valence-electron chi connectivity index (χ4n) is 2.16. The maximum atomic E-state index is 5.75. The first-order chi connectivity index (χ1) is 9.19. The smallest absolute Gasteiger partial charge is 0.195 e. The van der Waals surface area contributed by atoms with Crippen LogP contribution in [-0.2, 0) is 6.42 Å². The van der Waals surface area contributed by atoms with Gasteiger partial charge in [0, 0.05) is 31.1 Å². The summed E-state index contributed by atoms with van der Waals surface area (Å²) >= 11 is 3.57. The van der Waals surface area contributed by atoms with Gasteiger partial charge in [-0.15, -0.1) is 11.3 Å².